The van der Waals surface area contributed by atoms with Crippen LogP contribution in [0.3, 0.4) is 0 Å². The van der Waals surface area contributed by atoms with Crippen LogP contribution in [0.4, 0.5) is 0 Å². The molecule has 26 heavy (non-hydrogen) atoms. The van der Waals surface area contributed by atoms with Crippen molar-refractivity contribution < 1.29 is 14.3 Å². The maximum atomic E-state index is 11.5. The Morgan fingerprint density at radius 1 is 1.15 bits per heavy atom. The molecule has 3 aromatic rings. The maximum Gasteiger partial charge on any atom is 0.348 e. The fourth-order valence-electron chi connectivity index (χ4n) is 2.27. The van der Waals surface area contributed by atoms with Gasteiger partial charge in [-0.05, 0) is 31.2 Å². The predicted molar refractivity (Wildman–Crippen MR) is 102 cm³/mol. The summed E-state index contributed by atoms with van der Waals surface area (Å²) in [4.78, 5) is 14.6. The number of benzene rings is 2. The van der Waals surface area contributed by atoms with Gasteiger partial charge in [-0.3, -0.25) is 0 Å². The third-order valence-corrected chi connectivity index (χ3v) is 3.52. The van der Waals surface area contributed by atoms with Gasteiger partial charge in [0.05, 0.1) is 13.7 Å². The lowest BCUT2D eigenvalue weighted by Gasteiger charge is -1.98. The lowest BCUT2D eigenvalue weighted by Crippen LogP contribution is -2.05. The summed E-state index contributed by atoms with van der Waals surface area (Å²) in [5.74, 6) is 0.317. The second-order valence-electron chi connectivity index (χ2n) is 5.20. The van der Waals surface area contributed by atoms with E-state index in [1.54, 1.807) is 20.2 Å². The number of hydrogen-bond acceptors (Lipinski definition) is 4. The number of methoxy groups -OCH3 is 1. The molecule has 132 valence electrons. The van der Waals surface area contributed by atoms with E-state index in [2.05, 4.69) is 4.98 Å². The van der Waals surface area contributed by atoms with E-state index in [0.29, 0.717) is 0 Å². The van der Waals surface area contributed by atoms with Crippen LogP contribution in [-0.4, -0.2) is 24.7 Å². The van der Waals surface area contributed by atoms with Crippen molar-refractivity contribution in [2.45, 2.75) is 6.92 Å². The van der Waals surface area contributed by atoms with Crippen LogP contribution in [0.5, 0.6) is 5.75 Å². The smallest absolute Gasteiger partial charge is 0.348 e. The summed E-state index contributed by atoms with van der Waals surface area (Å²) in [6, 6.07) is 19.2. The monoisotopic (exact) mass is 348 g/mol. The minimum Gasteiger partial charge on any atom is -0.497 e. The molecular weight excluding hydrogens is 328 g/mol. The second kappa shape index (κ2) is 9.70. The Hall–Kier alpha value is -3.52. The molecule has 0 amide bonds. The molecule has 2 aromatic carbocycles. The van der Waals surface area contributed by atoms with Gasteiger partial charge in [0.15, 0.2) is 0 Å². The number of aromatic nitrogens is 1. The molecule has 1 N–H and O–H groups in total. The summed E-state index contributed by atoms with van der Waals surface area (Å²) in [5, 5.41) is 9.93. The number of aromatic amines is 1. The number of carbonyl (C=O) groups is 1. The lowest BCUT2D eigenvalue weighted by molar-refractivity contribution is -0.137. The van der Waals surface area contributed by atoms with Crippen LogP contribution in [0, 0.1) is 11.3 Å². The van der Waals surface area contributed by atoms with Gasteiger partial charge in [0, 0.05) is 22.7 Å². The zero-order valence-electron chi connectivity index (χ0n) is 14.7. The van der Waals surface area contributed by atoms with Crippen LogP contribution in [-0.2, 0) is 9.53 Å². The molecule has 0 unspecified atom stereocenters. The summed E-state index contributed by atoms with van der Waals surface area (Å²) in [6.07, 6.45) is 3.30. The highest BCUT2D eigenvalue weighted by Crippen LogP contribution is 2.20. The number of ether oxygens (including phenoxy) is 2. The number of nitriles is 1. The van der Waals surface area contributed by atoms with Gasteiger partial charge in [-0.2, -0.15) is 5.26 Å². The number of para-hydroxylation sites is 2. The van der Waals surface area contributed by atoms with Gasteiger partial charge in [-0.15, -0.1) is 0 Å². The Morgan fingerprint density at radius 3 is 2.46 bits per heavy atom. The summed E-state index contributed by atoms with van der Waals surface area (Å²) < 4.78 is 9.73. The Kier molecular flexibility index (Phi) is 7.02. The van der Waals surface area contributed by atoms with E-state index in [4.69, 9.17) is 14.7 Å². The standard InChI is InChI=1S/C14H12N2O2.C7H8O/c1-2-18-14(17)10(8-15)7-11-9-16-13-6-4-3-5-12(11)13;1-8-7-5-3-2-4-6-7/h3-7,9,16H,2H2,1H3;2-6H,1H3/b10-7+;. The number of rotatable bonds is 4. The van der Waals surface area contributed by atoms with E-state index in [-0.39, 0.29) is 12.2 Å². The van der Waals surface area contributed by atoms with Gasteiger partial charge >= 0.3 is 5.97 Å². The molecule has 0 radical (unpaired) electrons. The van der Waals surface area contributed by atoms with E-state index < -0.39 is 5.97 Å². The van der Waals surface area contributed by atoms with Gasteiger partial charge < -0.3 is 14.5 Å². The molecule has 0 spiro atoms. The first-order valence-corrected chi connectivity index (χ1v) is 8.13. The number of hydrogen-bond donors (Lipinski definition) is 1. The van der Waals surface area contributed by atoms with Crippen LogP contribution < -0.4 is 4.74 Å². The minimum atomic E-state index is -0.592. The molecular formula is C21H20N2O3. The van der Waals surface area contributed by atoms with Crippen LogP contribution in [0.15, 0.2) is 66.4 Å². The first kappa shape index (κ1) is 18.8. The van der Waals surface area contributed by atoms with Crippen molar-refractivity contribution in [2.75, 3.05) is 13.7 Å². The summed E-state index contributed by atoms with van der Waals surface area (Å²) >= 11 is 0. The van der Waals surface area contributed by atoms with Gasteiger partial charge in [-0.1, -0.05) is 36.4 Å². The second-order valence-corrected chi connectivity index (χ2v) is 5.20. The molecule has 0 bridgehead atoms. The molecule has 0 aliphatic carbocycles. The van der Waals surface area contributed by atoms with Gasteiger partial charge in [0.25, 0.3) is 0 Å². The first-order valence-electron chi connectivity index (χ1n) is 8.13. The van der Waals surface area contributed by atoms with Crippen molar-refractivity contribution in [1.29, 1.82) is 5.26 Å². The van der Waals surface area contributed by atoms with Crippen molar-refractivity contribution in [3.05, 3.63) is 71.9 Å². The summed E-state index contributed by atoms with van der Waals surface area (Å²) in [5.41, 5.74) is 1.77. The van der Waals surface area contributed by atoms with Crippen molar-refractivity contribution >= 4 is 22.9 Å². The quantitative estimate of drug-likeness (QED) is 0.432. The normalized spacial score (nSPS) is 10.4. The molecule has 0 saturated heterocycles. The van der Waals surface area contributed by atoms with Gasteiger partial charge in [0.1, 0.15) is 17.4 Å². The largest absolute Gasteiger partial charge is 0.497 e. The average molecular weight is 348 g/mol. The Bertz CT molecular complexity index is 921. The van der Waals surface area contributed by atoms with E-state index in [1.165, 1.54) is 6.08 Å². The van der Waals surface area contributed by atoms with Gasteiger partial charge in [-0.25, -0.2) is 4.79 Å². The highest BCUT2D eigenvalue weighted by Gasteiger charge is 2.11. The van der Waals surface area contributed by atoms with E-state index in [1.807, 2.05) is 60.7 Å². The number of H-pyrrole nitrogens is 1. The predicted octanol–water partition coefficient (Wildman–Crippen LogP) is 4.33. The number of esters is 1. The van der Waals surface area contributed by atoms with Crippen molar-refractivity contribution in [1.82, 2.24) is 4.98 Å². The molecule has 1 aromatic heterocycles. The molecule has 5 nitrogen and oxygen atoms in total. The number of fused-ring (bicyclic) bond motifs is 1. The van der Waals surface area contributed by atoms with Crippen LogP contribution in [0.25, 0.3) is 17.0 Å². The molecule has 0 atom stereocenters. The van der Waals surface area contributed by atoms with Crippen LogP contribution in [0.2, 0.25) is 0 Å². The molecule has 3 rings (SSSR count). The van der Waals surface area contributed by atoms with E-state index in [9.17, 15) is 4.79 Å². The Labute approximate surface area is 152 Å². The molecule has 0 fully saturated rings. The van der Waals surface area contributed by atoms with Crippen molar-refractivity contribution in [3.63, 3.8) is 0 Å². The Morgan fingerprint density at radius 2 is 1.85 bits per heavy atom. The fourth-order valence-corrected chi connectivity index (χ4v) is 2.27. The lowest BCUT2D eigenvalue weighted by atomic mass is 10.1. The highest BCUT2D eigenvalue weighted by molar-refractivity contribution is 6.01. The molecule has 5 heteroatoms. The zero-order valence-corrected chi connectivity index (χ0v) is 14.7. The summed E-state index contributed by atoms with van der Waals surface area (Å²) in [6.45, 7) is 1.96. The molecule has 0 aliphatic heterocycles. The number of carbonyl (C=O) groups excluding carboxylic acids is 1. The number of nitrogens with zero attached hydrogens (tertiary/aromatic N) is 1. The van der Waals surface area contributed by atoms with Crippen LogP contribution >= 0.6 is 0 Å². The minimum absolute atomic E-state index is 0.00148. The average Bonchev–Trinajstić information content (AvgIpc) is 3.10. The Balaban J connectivity index is 0.000000254. The van der Waals surface area contributed by atoms with Crippen molar-refractivity contribution in [2.24, 2.45) is 0 Å². The third kappa shape index (κ3) is 4.99. The first-order chi connectivity index (χ1) is 12.7. The fraction of sp³-hybridized carbons (Fsp3) is 0.143. The van der Waals surface area contributed by atoms with Gasteiger partial charge in [0.2, 0.25) is 0 Å². The van der Waals surface area contributed by atoms with E-state index in [0.717, 1.165) is 22.2 Å². The molecule has 0 saturated carbocycles. The SMILES string of the molecule is CCOC(=O)/C(C#N)=C/c1c[nH]c2ccccc12.COc1ccccc1. The summed E-state index contributed by atoms with van der Waals surface area (Å²) in [7, 11) is 1.66. The highest BCUT2D eigenvalue weighted by atomic mass is 16.5. The van der Waals surface area contributed by atoms with E-state index >= 15 is 0 Å². The maximum absolute atomic E-state index is 11.5. The van der Waals surface area contributed by atoms with Crippen LogP contribution in [0.1, 0.15) is 12.5 Å². The topological polar surface area (TPSA) is 75.1 Å². The zero-order chi connectivity index (χ0) is 18.8. The molecule has 0 aliphatic rings. The molecule has 1 heterocycles. The number of nitrogens with one attached hydrogen (secondary N) is 1. The third-order valence-electron chi connectivity index (χ3n) is 3.52. The van der Waals surface area contributed by atoms with Crippen molar-refractivity contribution in [3.8, 4) is 11.8 Å².